The van der Waals surface area contributed by atoms with Gasteiger partial charge in [-0.3, -0.25) is 14.5 Å². The fourth-order valence-electron chi connectivity index (χ4n) is 4.15. The molecule has 1 fully saturated rings. The summed E-state index contributed by atoms with van der Waals surface area (Å²) in [4.78, 5) is 46.1. The van der Waals surface area contributed by atoms with Crippen molar-refractivity contribution in [1.82, 2.24) is 20.0 Å². The molecule has 2 amide bonds. The molecule has 1 aliphatic rings. The van der Waals surface area contributed by atoms with Crippen LogP contribution in [0, 0.1) is 0 Å². The normalized spacial score (nSPS) is 17.8. The lowest BCUT2D eigenvalue weighted by atomic mass is 9.99. The summed E-state index contributed by atoms with van der Waals surface area (Å²) in [6, 6.07) is 3.18. The molecule has 3 aromatic heterocycles. The minimum absolute atomic E-state index is 0.0189. The van der Waals surface area contributed by atoms with Crippen LogP contribution in [-0.2, 0) is 14.3 Å². The Morgan fingerprint density at radius 3 is 2.66 bits per heavy atom. The summed E-state index contributed by atoms with van der Waals surface area (Å²) >= 11 is 0. The topological polar surface area (TPSA) is 120 Å². The molecule has 0 aromatic carbocycles. The van der Waals surface area contributed by atoms with Crippen molar-refractivity contribution in [2.75, 3.05) is 32.3 Å². The van der Waals surface area contributed by atoms with Crippen LogP contribution in [0.25, 0.3) is 22.4 Å². The molecule has 1 aliphatic heterocycles. The van der Waals surface area contributed by atoms with E-state index in [1.807, 2.05) is 6.92 Å². The van der Waals surface area contributed by atoms with Crippen LogP contribution in [0.15, 0.2) is 35.3 Å². The second-order valence-electron chi connectivity index (χ2n) is 8.08. The van der Waals surface area contributed by atoms with Crippen molar-refractivity contribution in [2.24, 2.45) is 0 Å². The minimum atomic E-state index is -0.582. The van der Waals surface area contributed by atoms with Gasteiger partial charge in [-0.25, -0.2) is 24.8 Å². The first-order chi connectivity index (χ1) is 17.0. The van der Waals surface area contributed by atoms with Gasteiger partial charge in [0, 0.05) is 37.7 Å². The Morgan fingerprint density at radius 1 is 1.20 bits per heavy atom. The third-order valence-corrected chi connectivity index (χ3v) is 5.99. The Hall–Kier alpha value is -3.57. The molecule has 0 bridgehead atoms. The Kier molecular flexibility index (Phi) is 7.57. The maximum absolute atomic E-state index is 13.4. The molecule has 1 saturated heterocycles. The number of furan rings is 1. The van der Waals surface area contributed by atoms with Crippen LogP contribution < -0.4 is 4.90 Å². The number of carbonyl (C=O) groups excluding carboxylic acids is 2. The molecule has 0 radical (unpaired) electrons. The zero-order valence-corrected chi connectivity index (χ0v) is 20.3. The molecule has 0 aliphatic carbocycles. The van der Waals surface area contributed by atoms with Crippen molar-refractivity contribution < 1.29 is 28.3 Å². The highest BCUT2D eigenvalue weighted by molar-refractivity contribution is 6.09. The first-order valence-electron chi connectivity index (χ1n) is 11.6. The third-order valence-electron chi connectivity index (χ3n) is 5.99. The van der Waals surface area contributed by atoms with Gasteiger partial charge in [0.2, 0.25) is 5.76 Å². The smallest absolute Gasteiger partial charge is 0.414 e. The standard InChI is InChI=1S/C24H29N5O6/c1-5-17-11-16(9-10-34-17)29(24(31)33-6-2)21-20-19(35-22(21)23(30)28(3)32-4)8-7-18(27-20)15-12-25-14-26-13-15/h7-8,12-14,16-17H,5-6,9-11H2,1-4H3/t16-,17-/m0/s1. The number of carbonyl (C=O) groups is 2. The molecule has 186 valence electrons. The number of rotatable bonds is 7. The predicted molar refractivity (Wildman–Crippen MR) is 127 cm³/mol. The van der Waals surface area contributed by atoms with Crippen molar-refractivity contribution in [1.29, 1.82) is 0 Å². The van der Waals surface area contributed by atoms with Crippen molar-refractivity contribution in [3.8, 4) is 11.3 Å². The summed E-state index contributed by atoms with van der Waals surface area (Å²) in [6.07, 6.45) is 6.06. The Morgan fingerprint density at radius 2 is 1.97 bits per heavy atom. The zero-order chi connectivity index (χ0) is 24.9. The summed E-state index contributed by atoms with van der Waals surface area (Å²) in [7, 11) is 2.84. The lowest BCUT2D eigenvalue weighted by Gasteiger charge is -2.36. The molecular weight excluding hydrogens is 454 g/mol. The summed E-state index contributed by atoms with van der Waals surface area (Å²) in [5.41, 5.74) is 2.20. The van der Waals surface area contributed by atoms with E-state index in [0.717, 1.165) is 11.5 Å². The van der Waals surface area contributed by atoms with E-state index in [1.54, 1.807) is 31.5 Å². The second-order valence-corrected chi connectivity index (χ2v) is 8.08. The second kappa shape index (κ2) is 10.8. The Labute approximate surface area is 202 Å². The van der Waals surface area contributed by atoms with Gasteiger partial charge in [-0.05, 0) is 38.3 Å². The third kappa shape index (κ3) is 4.96. The number of fused-ring (bicyclic) bond motifs is 1. The van der Waals surface area contributed by atoms with Crippen molar-refractivity contribution in [3.63, 3.8) is 0 Å². The number of hydrogen-bond donors (Lipinski definition) is 0. The largest absolute Gasteiger partial charge is 0.449 e. The molecule has 4 rings (SSSR count). The van der Waals surface area contributed by atoms with Gasteiger partial charge >= 0.3 is 12.0 Å². The molecule has 0 unspecified atom stereocenters. The lowest BCUT2D eigenvalue weighted by molar-refractivity contribution is -0.0772. The first kappa shape index (κ1) is 24.6. The van der Waals surface area contributed by atoms with Crippen LogP contribution in [0.5, 0.6) is 0 Å². The van der Waals surface area contributed by atoms with E-state index in [9.17, 15) is 9.59 Å². The number of aromatic nitrogens is 3. The number of hydroxylamine groups is 2. The monoisotopic (exact) mass is 483 g/mol. The van der Waals surface area contributed by atoms with Gasteiger partial charge in [0.05, 0.1) is 25.5 Å². The summed E-state index contributed by atoms with van der Waals surface area (Å²) in [5.74, 6) is -0.621. The van der Waals surface area contributed by atoms with Crippen molar-refractivity contribution in [3.05, 3.63) is 36.6 Å². The highest BCUT2D eigenvalue weighted by Gasteiger charge is 2.38. The average molecular weight is 484 g/mol. The van der Waals surface area contributed by atoms with E-state index in [1.165, 1.54) is 25.4 Å². The molecule has 4 heterocycles. The molecule has 35 heavy (non-hydrogen) atoms. The van der Waals surface area contributed by atoms with Crippen molar-refractivity contribution in [2.45, 2.75) is 45.3 Å². The summed E-state index contributed by atoms with van der Waals surface area (Å²) in [6.45, 7) is 4.43. The molecule has 2 atom stereocenters. The highest BCUT2D eigenvalue weighted by Crippen LogP contribution is 2.38. The Bertz CT molecular complexity index is 1180. The number of ether oxygens (including phenoxy) is 2. The minimum Gasteiger partial charge on any atom is -0.449 e. The lowest BCUT2D eigenvalue weighted by Crippen LogP contribution is -2.47. The van der Waals surface area contributed by atoms with Crippen LogP contribution in [0.1, 0.15) is 43.7 Å². The fourth-order valence-corrected chi connectivity index (χ4v) is 4.15. The molecule has 0 saturated carbocycles. The van der Waals surface area contributed by atoms with E-state index < -0.39 is 12.0 Å². The van der Waals surface area contributed by atoms with Gasteiger partial charge in [-0.1, -0.05) is 6.92 Å². The van der Waals surface area contributed by atoms with E-state index in [0.29, 0.717) is 41.8 Å². The van der Waals surface area contributed by atoms with Gasteiger partial charge < -0.3 is 13.9 Å². The quantitative estimate of drug-likeness (QED) is 0.462. The van der Waals surface area contributed by atoms with Crippen LogP contribution >= 0.6 is 0 Å². The fraction of sp³-hybridized carbons (Fsp3) is 0.458. The van der Waals surface area contributed by atoms with Gasteiger partial charge in [-0.2, -0.15) is 0 Å². The van der Waals surface area contributed by atoms with Gasteiger partial charge in [-0.15, -0.1) is 0 Å². The predicted octanol–water partition coefficient (Wildman–Crippen LogP) is 3.84. The first-order valence-corrected chi connectivity index (χ1v) is 11.6. The van der Waals surface area contributed by atoms with Gasteiger partial charge in [0.25, 0.3) is 0 Å². The maximum Gasteiger partial charge on any atom is 0.414 e. The number of pyridine rings is 1. The zero-order valence-electron chi connectivity index (χ0n) is 20.3. The maximum atomic E-state index is 13.4. The number of nitrogens with zero attached hydrogens (tertiary/aromatic N) is 5. The molecule has 11 heteroatoms. The SMILES string of the molecule is CCOC(=O)N(c1c(C(=O)N(C)OC)oc2ccc(-c3cncnc3)nc12)[C@H]1CCO[C@@H](CC)C1. The van der Waals surface area contributed by atoms with E-state index in [4.69, 9.17) is 23.7 Å². The number of amides is 2. The van der Waals surface area contributed by atoms with Crippen LogP contribution in [0.2, 0.25) is 0 Å². The van der Waals surface area contributed by atoms with E-state index in [-0.39, 0.29) is 30.2 Å². The van der Waals surface area contributed by atoms with E-state index in [2.05, 4.69) is 9.97 Å². The highest BCUT2D eigenvalue weighted by atomic mass is 16.7. The molecular formula is C24H29N5O6. The molecule has 0 spiro atoms. The summed E-state index contributed by atoms with van der Waals surface area (Å²) < 4.78 is 17.3. The molecule has 11 nitrogen and oxygen atoms in total. The Balaban J connectivity index is 1.93. The van der Waals surface area contributed by atoms with Gasteiger partial charge in [0.15, 0.2) is 5.58 Å². The number of anilines is 1. The van der Waals surface area contributed by atoms with Crippen LogP contribution in [-0.4, -0.2) is 71.5 Å². The van der Waals surface area contributed by atoms with Crippen LogP contribution in [0.4, 0.5) is 10.5 Å². The van der Waals surface area contributed by atoms with Crippen LogP contribution in [0.3, 0.4) is 0 Å². The van der Waals surface area contributed by atoms with Crippen molar-refractivity contribution >= 4 is 28.8 Å². The van der Waals surface area contributed by atoms with E-state index >= 15 is 0 Å². The molecule has 3 aromatic rings. The molecule has 0 N–H and O–H groups in total. The number of hydrogen-bond acceptors (Lipinski definition) is 9. The van der Waals surface area contributed by atoms with Gasteiger partial charge in [0.1, 0.15) is 17.5 Å². The average Bonchev–Trinajstić information content (AvgIpc) is 3.27. The summed E-state index contributed by atoms with van der Waals surface area (Å²) in [5, 5.41) is 1.04.